The van der Waals surface area contributed by atoms with Gasteiger partial charge in [0.15, 0.2) is 0 Å². The monoisotopic (exact) mass is 237 g/mol. The van der Waals surface area contributed by atoms with Crippen LogP contribution >= 0.6 is 15.9 Å². The summed E-state index contributed by atoms with van der Waals surface area (Å²) in [6, 6.07) is 3.86. The molecule has 2 aromatic heterocycles. The number of hydrogen-bond acceptors (Lipinski definition) is 2. The van der Waals surface area contributed by atoms with E-state index in [1.807, 2.05) is 19.1 Å². The first-order chi connectivity index (χ1) is 6.27. The Hall–Kier alpha value is -1.16. The van der Waals surface area contributed by atoms with Crippen molar-refractivity contribution in [2.45, 2.75) is 6.92 Å². The lowest BCUT2D eigenvalue weighted by Crippen LogP contribution is -1.80. The number of aromatic amines is 1. The minimum absolute atomic E-state index is 0.845. The van der Waals surface area contributed by atoms with Gasteiger partial charge >= 0.3 is 0 Å². The Balaban J connectivity index is 2.48. The molecule has 0 bridgehead atoms. The molecule has 0 fully saturated rings. The van der Waals surface area contributed by atoms with E-state index in [-0.39, 0.29) is 0 Å². The molecule has 3 nitrogen and oxygen atoms in total. The smallest absolute Gasteiger partial charge is 0.140 e. The van der Waals surface area contributed by atoms with Crippen molar-refractivity contribution >= 4 is 15.9 Å². The molecule has 0 aliphatic carbocycles. The lowest BCUT2D eigenvalue weighted by Gasteiger charge is -1.92. The van der Waals surface area contributed by atoms with Crippen molar-refractivity contribution in [3.63, 3.8) is 0 Å². The summed E-state index contributed by atoms with van der Waals surface area (Å²) in [5.41, 5.74) is 2.02. The number of H-pyrrole nitrogens is 1. The third-order valence-corrected chi connectivity index (χ3v) is 2.53. The number of halogens is 1. The van der Waals surface area contributed by atoms with Gasteiger partial charge < -0.3 is 4.98 Å². The zero-order chi connectivity index (χ0) is 9.26. The Bertz CT molecular complexity index is 389. The van der Waals surface area contributed by atoms with Crippen molar-refractivity contribution in [2.75, 3.05) is 0 Å². The van der Waals surface area contributed by atoms with Gasteiger partial charge in [0.2, 0.25) is 0 Å². The van der Waals surface area contributed by atoms with Crippen LogP contribution in [0.3, 0.4) is 0 Å². The van der Waals surface area contributed by atoms with Crippen molar-refractivity contribution in [1.29, 1.82) is 0 Å². The van der Waals surface area contributed by atoms with Crippen molar-refractivity contribution in [3.05, 3.63) is 34.8 Å². The number of aromatic nitrogens is 3. The summed E-state index contributed by atoms with van der Waals surface area (Å²) in [7, 11) is 0. The van der Waals surface area contributed by atoms with Crippen LogP contribution in [0, 0.1) is 6.92 Å². The largest absolute Gasteiger partial charge is 0.341 e. The predicted molar refractivity (Wildman–Crippen MR) is 54.3 cm³/mol. The number of imidazole rings is 1. The summed E-state index contributed by atoms with van der Waals surface area (Å²) < 4.78 is 0.853. The van der Waals surface area contributed by atoms with Crippen molar-refractivity contribution in [2.24, 2.45) is 0 Å². The molecule has 2 heterocycles. The molecule has 0 atom stereocenters. The van der Waals surface area contributed by atoms with Gasteiger partial charge in [-0.15, -0.1) is 0 Å². The number of rotatable bonds is 1. The van der Waals surface area contributed by atoms with Crippen LogP contribution in [0.2, 0.25) is 0 Å². The molecule has 2 rings (SSSR count). The van der Waals surface area contributed by atoms with E-state index in [4.69, 9.17) is 0 Å². The molecule has 0 aliphatic heterocycles. The molecule has 13 heavy (non-hydrogen) atoms. The quantitative estimate of drug-likeness (QED) is 0.829. The highest BCUT2D eigenvalue weighted by atomic mass is 79.9. The normalized spacial score (nSPS) is 10.3. The first-order valence-electron chi connectivity index (χ1n) is 3.90. The van der Waals surface area contributed by atoms with Crippen LogP contribution in [0.5, 0.6) is 0 Å². The van der Waals surface area contributed by atoms with Crippen LogP contribution in [0.15, 0.2) is 29.1 Å². The molecule has 0 aromatic carbocycles. The fraction of sp³-hybridized carbons (Fsp3) is 0.111. The van der Waals surface area contributed by atoms with Gasteiger partial charge in [0.1, 0.15) is 10.4 Å². The van der Waals surface area contributed by atoms with Crippen molar-refractivity contribution in [1.82, 2.24) is 15.0 Å². The maximum absolute atomic E-state index is 4.30. The number of pyridine rings is 1. The molecular weight excluding hydrogens is 230 g/mol. The molecule has 0 amide bonds. The van der Waals surface area contributed by atoms with Crippen molar-refractivity contribution < 1.29 is 0 Å². The maximum Gasteiger partial charge on any atom is 0.140 e. The first-order valence-corrected chi connectivity index (χ1v) is 4.69. The summed E-state index contributed by atoms with van der Waals surface area (Å²) in [5.74, 6) is 0.845. The van der Waals surface area contributed by atoms with Crippen LogP contribution in [0.1, 0.15) is 5.69 Å². The second kappa shape index (κ2) is 3.30. The van der Waals surface area contributed by atoms with Gasteiger partial charge in [-0.05, 0) is 35.0 Å². The second-order valence-electron chi connectivity index (χ2n) is 2.74. The van der Waals surface area contributed by atoms with E-state index < -0.39 is 0 Å². The van der Waals surface area contributed by atoms with E-state index in [2.05, 4.69) is 30.9 Å². The van der Waals surface area contributed by atoms with Gasteiger partial charge in [-0.2, -0.15) is 0 Å². The summed E-state index contributed by atoms with van der Waals surface area (Å²) in [6.07, 6.45) is 3.53. The fourth-order valence-corrected chi connectivity index (χ4v) is 1.36. The van der Waals surface area contributed by atoms with E-state index in [0.717, 1.165) is 21.7 Å². The third-order valence-electron chi connectivity index (χ3n) is 1.76. The number of hydrogen-bond donors (Lipinski definition) is 1. The standard InChI is InChI=1S/C9H8BrN3/c1-6-8(10)13-9(12-6)7-3-2-4-11-5-7/h2-5H,1H3,(H,12,13). The predicted octanol–water partition coefficient (Wildman–Crippen LogP) is 2.54. The Kier molecular flexibility index (Phi) is 2.14. The third kappa shape index (κ3) is 1.62. The van der Waals surface area contributed by atoms with E-state index in [1.165, 1.54) is 0 Å². The molecule has 0 saturated heterocycles. The van der Waals surface area contributed by atoms with Crippen LogP contribution < -0.4 is 0 Å². The van der Waals surface area contributed by atoms with Gasteiger partial charge in [-0.1, -0.05) is 0 Å². The SMILES string of the molecule is Cc1[nH]c(-c2cccnc2)nc1Br. The van der Waals surface area contributed by atoms with E-state index >= 15 is 0 Å². The summed E-state index contributed by atoms with van der Waals surface area (Å²) in [4.78, 5) is 11.5. The van der Waals surface area contributed by atoms with Crippen molar-refractivity contribution in [3.8, 4) is 11.4 Å². The zero-order valence-electron chi connectivity index (χ0n) is 7.08. The lowest BCUT2D eigenvalue weighted by atomic mass is 10.3. The molecule has 0 aliphatic rings. The summed E-state index contributed by atoms with van der Waals surface area (Å²) >= 11 is 3.35. The number of aryl methyl sites for hydroxylation is 1. The number of nitrogens with zero attached hydrogens (tertiary/aromatic N) is 2. The van der Waals surface area contributed by atoms with E-state index in [0.29, 0.717) is 0 Å². The van der Waals surface area contributed by atoms with Crippen LogP contribution in [0.4, 0.5) is 0 Å². The number of nitrogens with one attached hydrogen (secondary N) is 1. The van der Waals surface area contributed by atoms with E-state index in [1.54, 1.807) is 12.4 Å². The molecule has 1 N–H and O–H groups in total. The lowest BCUT2D eigenvalue weighted by molar-refractivity contribution is 1.23. The minimum Gasteiger partial charge on any atom is -0.341 e. The highest BCUT2D eigenvalue weighted by Gasteiger charge is 2.04. The minimum atomic E-state index is 0.845. The summed E-state index contributed by atoms with van der Waals surface area (Å²) in [6.45, 7) is 1.97. The molecule has 66 valence electrons. The molecular formula is C9H8BrN3. The van der Waals surface area contributed by atoms with Gasteiger partial charge in [0, 0.05) is 23.7 Å². The molecule has 0 saturated carbocycles. The van der Waals surface area contributed by atoms with Gasteiger partial charge in [0.05, 0.1) is 0 Å². The Morgan fingerprint density at radius 3 is 2.85 bits per heavy atom. The Morgan fingerprint density at radius 2 is 2.31 bits per heavy atom. The molecule has 0 radical (unpaired) electrons. The highest BCUT2D eigenvalue weighted by Crippen LogP contribution is 2.19. The maximum atomic E-state index is 4.30. The average Bonchev–Trinajstić information content (AvgIpc) is 2.49. The Morgan fingerprint density at radius 1 is 1.46 bits per heavy atom. The Labute approximate surface area is 84.4 Å². The zero-order valence-corrected chi connectivity index (χ0v) is 8.67. The molecule has 4 heteroatoms. The summed E-state index contributed by atoms with van der Waals surface area (Å²) in [5, 5.41) is 0. The van der Waals surface area contributed by atoms with Crippen LogP contribution in [-0.2, 0) is 0 Å². The average molecular weight is 238 g/mol. The van der Waals surface area contributed by atoms with Gasteiger partial charge in [-0.3, -0.25) is 4.98 Å². The topological polar surface area (TPSA) is 41.6 Å². The van der Waals surface area contributed by atoms with Crippen LogP contribution in [-0.4, -0.2) is 15.0 Å². The van der Waals surface area contributed by atoms with Gasteiger partial charge in [-0.25, -0.2) is 4.98 Å². The van der Waals surface area contributed by atoms with Gasteiger partial charge in [0.25, 0.3) is 0 Å². The first kappa shape index (κ1) is 8.44. The molecule has 0 spiro atoms. The van der Waals surface area contributed by atoms with E-state index in [9.17, 15) is 0 Å². The van der Waals surface area contributed by atoms with Crippen LogP contribution in [0.25, 0.3) is 11.4 Å². The molecule has 0 unspecified atom stereocenters. The fourth-order valence-electron chi connectivity index (χ4n) is 1.08. The highest BCUT2D eigenvalue weighted by molar-refractivity contribution is 9.10. The second-order valence-corrected chi connectivity index (χ2v) is 3.49. The molecule has 2 aromatic rings.